The van der Waals surface area contributed by atoms with E-state index < -0.39 is 0 Å². The summed E-state index contributed by atoms with van der Waals surface area (Å²) in [7, 11) is 0. The molecule has 1 unspecified atom stereocenters. The Balaban J connectivity index is 1.53. The summed E-state index contributed by atoms with van der Waals surface area (Å²) in [6, 6.07) is 31.9. The average Bonchev–Trinajstić information content (AvgIpc) is 3.15. The molecule has 4 aromatic rings. The fourth-order valence-corrected chi connectivity index (χ4v) is 4.77. The Hall–Kier alpha value is -3.52. The van der Waals surface area contributed by atoms with E-state index in [4.69, 9.17) is 0 Å². The molecule has 0 saturated carbocycles. The first-order valence-electron chi connectivity index (χ1n) is 10.9. The highest BCUT2D eigenvalue weighted by Crippen LogP contribution is 2.44. The Morgan fingerprint density at radius 3 is 2.29 bits per heavy atom. The molecule has 0 radical (unpaired) electrons. The van der Waals surface area contributed by atoms with Crippen LogP contribution in [0.25, 0.3) is 11.1 Å². The van der Waals surface area contributed by atoms with Crippen molar-refractivity contribution in [3.8, 4) is 16.9 Å². The lowest BCUT2D eigenvalue weighted by atomic mass is 9.90. The van der Waals surface area contributed by atoms with Crippen LogP contribution in [-0.4, -0.2) is 11.7 Å². The van der Waals surface area contributed by atoms with Crippen LogP contribution in [0.3, 0.4) is 0 Å². The molecule has 0 aromatic heterocycles. The quantitative estimate of drug-likeness (QED) is 0.402. The molecule has 5 rings (SSSR count). The minimum atomic E-state index is 0.166. The number of aryl methyl sites for hydroxylation is 2. The number of phenolic OH excluding ortho intramolecular Hbond substituents is 1. The van der Waals surface area contributed by atoms with Crippen molar-refractivity contribution >= 4 is 5.69 Å². The largest absolute Gasteiger partial charge is 0.508 e. The van der Waals surface area contributed by atoms with Crippen LogP contribution < -0.4 is 4.90 Å². The van der Waals surface area contributed by atoms with Crippen LogP contribution >= 0.6 is 0 Å². The van der Waals surface area contributed by atoms with Gasteiger partial charge in [0.1, 0.15) is 5.75 Å². The predicted octanol–water partition coefficient (Wildman–Crippen LogP) is 6.83. The van der Waals surface area contributed by atoms with E-state index in [1.165, 1.54) is 33.5 Å². The molecule has 1 atom stereocenters. The van der Waals surface area contributed by atoms with E-state index in [0.29, 0.717) is 5.75 Å². The zero-order valence-electron chi connectivity index (χ0n) is 18.0. The topological polar surface area (TPSA) is 23.5 Å². The second-order valence-electron chi connectivity index (χ2n) is 8.51. The lowest BCUT2D eigenvalue weighted by Gasteiger charge is -2.22. The smallest absolute Gasteiger partial charge is 0.119 e. The van der Waals surface area contributed by atoms with Crippen molar-refractivity contribution in [3.05, 3.63) is 119 Å². The minimum absolute atomic E-state index is 0.166. The number of rotatable bonds is 4. The van der Waals surface area contributed by atoms with Crippen LogP contribution in [0.1, 0.15) is 33.7 Å². The number of para-hydroxylation sites is 1. The molecular formula is C29H27NO. The van der Waals surface area contributed by atoms with E-state index in [1.54, 1.807) is 0 Å². The Labute approximate surface area is 184 Å². The van der Waals surface area contributed by atoms with Gasteiger partial charge in [-0.2, -0.15) is 0 Å². The summed E-state index contributed by atoms with van der Waals surface area (Å²) in [5.41, 5.74) is 9.75. The molecule has 0 saturated heterocycles. The van der Waals surface area contributed by atoms with Gasteiger partial charge in [0.2, 0.25) is 0 Å². The second-order valence-corrected chi connectivity index (χ2v) is 8.51. The Kier molecular flexibility index (Phi) is 4.99. The molecule has 0 fully saturated rings. The molecule has 0 amide bonds. The normalized spacial score (nSPS) is 15.2. The Bertz CT molecular complexity index is 1230. The number of hydrogen-bond donors (Lipinski definition) is 1. The van der Waals surface area contributed by atoms with Crippen molar-refractivity contribution in [2.45, 2.75) is 26.3 Å². The molecule has 2 nitrogen and oxygen atoms in total. The van der Waals surface area contributed by atoms with Crippen molar-refractivity contribution in [1.29, 1.82) is 0 Å². The fraction of sp³-hybridized carbons (Fsp3) is 0.172. The molecule has 0 spiro atoms. The van der Waals surface area contributed by atoms with E-state index in [9.17, 15) is 5.11 Å². The summed E-state index contributed by atoms with van der Waals surface area (Å²) in [5.74, 6) is 0.564. The number of phenols is 1. The molecule has 1 aliphatic heterocycles. The highest BCUT2D eigenvalue weighted by Gasteiger charge is 2.31. The van der Waals surface area contributed by atoms with Crippen LogP contribution in [0.5, 0.6) is 5.75 Å². The van der Waals surface area contributed by atoms with Crippen molar-refractivity contribution in [3.63, 3.8) is 0 Å². The Morgan fingerprint density at radius 2 is 1.45 bits per heavy atom. The molecule has 0 aliphatic carbocycles. The first kappa shape index (κ1) is 19.4. The monoisotopic (exact) mass is 405 g/mol. The van der Waals surface area contributed by atoms with Gasteiger partial charge >= 0.3 is 0 Å². The highest BCUT2D eigenvalue weighted by molar-refractivity contribution is 5.70. The summed E-state index contributed by atoms with van der Waals surface area (Å²) >= 11 is 0. The van der Waals surface area contributed by atoms with Gasteiger partial charge in [-0.3, -0.25) is 0 Å². The first-order chi connectivity index (χ1) is 15.1. The molecule has 1 heterocycles. The number of hydrogen-bond acceptors (Lipinski definition) is 2. The zero-order valence-corrected chi connectivity index (χ0v) is 18.0. The van der Waals surface area contributed by atoms with Gasteiger partial charge < -0.3 is 10.0 Å². The molecule has 0 bridgehead atoms. The zero-order chi connectivity index (χ0) is 21.4. The highest BCUT2D eigenvalue weighted by atomic mass is 16.3. The maximum absolute atomic E-state index is 10.8. The fourth-order valence-electron chi connectivity index (χ4n) is 4.77. The molecule has 154 valence electrons. The van der Waals surface area contributed by atoms with E-state index >= 15 is 0 Å². The predicted molar refractivity (Wildman–Crippen MR) is 129 cm³/mol. The minimum Gasteiger partial charge on any atom is -0.508 e. The van der Waals surface area contributed by atoms with Gasteiger partial charge in [-0.25, -0.2) is 0 Å². The summed E-state index contributed by atoms with van der Waals surface area (Å²) in [5, 5.41) is 10.8. The summed E-state index contributed by atoms with van der Waals surface area (Å²) in [6.07, 6.45) is 0. The number of benzene rings is 4. The molecule has 1 aliphatic rings. The van der Waals surface area contributed by atoms with Gasteiger partial charge in [-0.1, -0.05) is 78.9 Å². The van der Waals surface area contributed by atoms with Crippen molar-refractivity contribution in [1.82, 2.24) is 0 Å². The SMILES string of the molecule is Cc1cc(O)c(C2CN(Cc3ccccc3-c3ccccc3)c3ccccc32)cc1C. The van der Waals surface area contributed by atoms with E-state index in [1.807, 2.05) is 13.0 Å². The second kappa shape index (κ2) is 7.96. The van der Waals surface area contributed by atoms with Gasteiger partial charge in [-0.05, 0) is 59.4 Å². The van der Waals surface area contributed by atoms with Gasteiger partial charge in [0.25, 0.3) is 0 Å². The standard InChI is InChI=1S/C29H27NO/c1-20-16-26(29(31)17-21(20)2)27-19-30(28-15-9-8-14-25(27)28)18-23-12-6-7-13-24(23)22-10-4-3-5-11-22/h3-17,27,31H,18-19H2,1-2H3. The lowest BCUT2D eigenvalue weighted by Crippen LogP contribution is -2.22. The van der Waals surface area contributed by atoms with Crippen LogP contribution in [0.15, 0.2) is 91.0 Å². The van der Waals surface area contributed by atoms with Gasteiger partial charge in [0.15, 0.2) is 0 Å². The molecule has 31 heavy (non-hydrogen) atoms. The third-order valence-electron chi connectivity index (χ3n) is 6.54. The summed E-state index contributed by atoms with van der Waals surface area (Å²) in [6.45, 7) is 5.87. The lowest BCUT2D eigenvalue weighted by molar-refractivity contribution is 0.464. The number of fused-ring (bicyclic) bond motifs is 1. The third kappa shape index (κ3) is 3.59. The van der Waals surface area contributed by atoms with Gasteiger partial charge in [-0.15, -0.1) is 0 Å². The van der Waals surface area contributed by atoms with Crippen LogP contribution in [-0.2, 0) is 6.54 Å². The van der Waals surface area contributed by atoms with Crippen LogP contribution in [0.2, 0.25) is 0 Å². The summed E-state index contributed by atoms with van der Waals surface area (Å²) in [4.78, 5) is 2.45. The molecular weight excluding hydrogens is 378 g/mol. The van der Waals surface area contributed by atoms with Crippen molar-refractivity contribution in [2.24, 2.45) is 0 Å². The first-order valence-corrected chi connectivity index (χ1v) is 10.9. The molecule has 4 aromatic carbocycles. The van der Waals surface area contributed by atoms with Crippen molar-refractivity contribution < 1.29 is 5.11 Å². The Morgan fingerprint density at radius 1 is 0.774 bits per heavy atom. The van der Waals surface area contributed by atoms with E-state index in [2.05, 4.69) is 96.8 Å². The van der Waals surface area contributed by atoms with E-state index in [-0.39, 0.29) is 5.92 Å². The maximum Gasteiger partial charge on any atom is 0.119 e. The van der Waals surface area contributed by atoms with Crippen LogP contribution in [0, 0.1) is 13.8 Å². The van der Waals surface area contributed by atoms with Crippen LogP contribution in [0.4, 0.5) is 5.69 Å². The number of aromatic hydroxyl groups is 1. The third-order valence-corrected chi connectivity index (χ3v) is 6.54. The number of anilines is 1. The van der Waals surface area contributed by atoms with Gasteiger partial charge in [0, 0.05) is 30.3 Å². The summed E-state index contributed by atoms with van der Waals surface area (Å²) < 4.78 is 0. The molecule has 2 heteroatoms. The van der Waals surface area contributed by atoms with Gasteiger partial charge in [0.05, 0.1) is 0 Å². The molecule has 1 N–H and O–H groups in total. The van der Waals surface area contributed by atoms with Crippen molar-refractivity contribution in [2.75, 3.05) is 11.4 Å². The average molecular weight is 406 g/mol. The maximum atomic E-state index is 10.8. The number of nitrogens with zero attached hydrogens (tertiary/aromatic N) is 1. The van der Waals surface area contributed by atoms with E-state index in [0.717, 1.165) is 24.2 Å².